The molecule has 1 nitrogen and oxygen atoms in total. The predicted molar refractivity (Wildman–Crippen MR) is 127 cm³/mol. The Labute approximate surface area is 204 Å². The van der Waals surface area contributed by atoms with Gasteiger partial charge in [-0.3, -0.25) is 0 Å². The van der Waals surface area contributed by atoms with E-state index in [0.717, 1.165) is 56.2 Å². The van der Waals surface area contributed by atoms with Crippen molar-refractivity contribution in [1.82, 2.24) is 0 Å². The van der Waals surface area contributed by atoms with Gasteiger partial charge in [0.2, 0.25) is 0 Å². The van der Waals surface area contributed by atoms with Crippen LogP contribution in [0.15, 0.2) is 48.6 Å². The molecule has 4 rings (SSSR count). The highest BCUT2D eigenvalue weighted by molar-refractivity contribution is 5.26. The van der Waals surface area contributed by atoms with Crippen LogP contribution in [0, 0.1) is 29.3 Å². The third kappa shape index (κ3) is 6.32. The van der Waals surface area contributed by atoms with Crippen molar-refractivity contribution in [1.29, 1.82) is 0 Å². The van der Waals surface area contributed by atoms with E-state index in [9.17, 15) is 22.0 Å². The molecule has 0 bridgehead atoms. The van der Waals surface area contributed by atoms with Gasteiger partial charge < -0.3 is 4.74 Å². The maximum atomic E-state index is 14.7. The topological polar surface area (TPSA) is 9.23 Å². The SMILES string of the molecule is C/C=C/Cc1ccc(C(F)(F)OC2CCC(C3CCC(c4cc(F)c(F)c(F)c4)CC3)CC2)cc1. The second-order valence-corrected chi connectivity index (χ2v) is 10.1. The summed E-state index contributed by atoms with van der Waals surface area (Å²) in [7, 11) is 0. The summed E-state index contributed by atoms with van der Waals surface area (Å²) in [6.07, 6.45) is 7.21. The standard InChI is InChI=1S/C29H33F5O/c1-2-3-4-19-5-13-24(14-6-19)29(33,34)35-25-15-11-21(12-16-25)20-7-9-22(10-8-20)23-17-26(30)28(32)27(31)18-23/h2-3,5-6,13-14,17-18,20-22,25H,4,7-12,15-16H2,1H3/b3-2+. The molecule has 2 saturated carbocycles. The second kappa shape index (κ2) is 11.2. The fourth-order valence-electron chi connectivity index (χ4n) is 5.78. The minimum atomic E-state index is -3.31. The van der Waals surface area contributed by atoms with E-state index in [1.165, 1.54) is 12.1 Å². The number of rotatable bonds is 7. The van der Waals surface area contributed by atoms with Gasteiger partial charge in [0.15, 0.2) is 17.5 Å². The van der Waals surface area contributed by atoms with Crippen molar-refractivity contribution in [3.05, 3.63) is 82.7 Å². The summed E-state index contributed by atoms with van der Waals surface area (Å²) >= 11 is 0. The average molecular weight is 493 g/mol. The minimum absolute atomic E-state index is 0.0265. The molecule has 2 aliphatic rings. The fraction of sp³-hybridized carbons (Fsp3) is 0.517. The maximum absolute atomic E-state index is 14.7. The van der Waals surface area contributed by atoms with Crippen LogP contribution in [0.25, 0.3) is 0 Å². The molecule has 2 aromatic rings. The van der Waals surface area contributed by atoms with Crippen molar-refractivity contribution >= 4 is 0 Å². The first kappa shape index (κ1) is 25.9. The molecule has 2 fully saturated rings. The van der Waals surface area contributed by atoms with Crippen LogP contribution < -0.4 is 0 Å². The molecular formula is C29H33F5O. The predicted octanol–water partition coefficient (Wildman–Crippen LogP) is 8.82. The molecule has 0 aromatic heterocycles. The Morgan fingerprint density at radius 1 is 0.829 bits per heavy atom. The van der Waals surface area contributed by atoms with Crippen molar-refractivity contribution < 1.29 is 26.7 Å². The smallest absolute Gasteiger partial charge is 0.313 e. The van der Waals surface area contributed by atoms with Crippen LogP contribution in [0.5, 0.6) is 0 Å². The Kier molecular flexibility index (Phi) is 8.31. The van der Waals surface area contributed by atoms with Crippen molar-refractivity contribution in [3.63, 3.8) is 0 Å². The molecule has 0 saturated heterocycles. The van der Waals surface area contributed by atoms with Crippen LogP contribution >= 0.6 is 0 Å². The number of ether oxygens (including phenoxy) is 1. The lowest BCUT2D eigenvalue weighted by atomic mass is 9.69. The van der Waals surface area contributed by atoms with Gasteiger partial charge in [-0.2, -0.15) is 8.78 Å². The van der Waals surface area contributed by atoms with Gasteiger partial charge in [0, 0.05) is 0 Å². The largest absolute Gasteiger partial charge is 0.383 e. The monoisotopic (exact) mass is 492 g/mol. The summed E-state index contributed by atoms with van der Waals surface area (Å²) in [4.78, 5) is 0. The van der Waals surface area contributed by atoms with Crippen LogP contribution in [0.2, 0.25) is 0 Å². The normalized spacial score (nSPS) is 25.8. The van der Waals surface area contributed by atoms with E-state index in [0.29, 0.717) is 36.7 Å². The van der Waals surface area contributed by atoms with Gasteiger partial charge in [-0.25, -0.2) is 13.2 Å². The molecule has 0 spiro atoms. The summed E-state index contributed by atoms with van der Waals surface area (Å²) in [5.41, 5.74) is 1.39. The van der Waals surface area contributed by atoms with E-state index in [2.05, 4.69) is 0 Å². The van der Waals surface area contributed by atoms with Crippen LogP contribution in [0.3, 0.4) is 0 Å². The van der Waals surface area contributed by atoms with Crippen LogP contribution in [0.4, 0.5) is 22.0 Å². The van der Waals surface area contributed by atoms with Gasteiger partial charge in [-0.15, -0.1) is 0 Å². The second-order valence-electron chi connectivity index (χ2n) is 10.1. The molecule has 0 radical (unpaired) electrons. The number of halogens is 5. The zero-order chi connectivity index (χ0) is 25.0. The third-order valence-corrected chi connectivity index (χ3v) is 7.83. The molecule has 190 valence electrons. The molecule has 0 atom stereocenters. The Morgan fingerprint density at radius 3 is 1.91 bits per heavy atom. The molecule has 2 aromatic carbocycles. The number of benzene rings is 2. The van der Waals surface area contributed by atoms with E-state index >= 15 is 0 Å². The number of alkyl halides is 2. The van der Waals surface area contributed by atoms with Crippen LogP contribution in [-0.2, 0) is 17.3 Å². The average Bonchev–Trinajstić information content (AvgIpc) is 2.86. The molecule has 0 heterocycles. The maximum Gasteiger partial charge on any atom is 0.383 e. The molecule has 35 heavy (non-hydrogen) atoms. The molecule has 0 unspecified atom stereocenters. The van der Waals surface area contributed by atoms with Gasteiger partial charge in [0.25, 0.3) is 0 Å². The molecule has 0 N–H and O–H groups in total. The Balaban J connectivity index is 1.25. The Morgan fingerprint density at radius 2 is 1.37 bits per heavy atom. The Bertz CT molecular complexity index is 977. The first-order valence-corrected chi connectivity index (χ1v) is 12.7. The lowest BCUT2D eigenvalue weighted by Gasteiger charge is -2.38. The van der Waals surface area contributed by atoms with E-state index in [4.69, 9.17) is 4.74 Å². The van der Waals surface area contributed by atoms with Crippen molar-refractivity contribution in [2.45, 2.75) is 82.8 Å². The molecule has 0 aliphatic heterocycles. The molecule has 2 aliphatic carbocycles. The zero-order valence-electron chi connectivity index (χ0n) is 20.1. The van der Waals surface area contributed by atoms with Gasteiger partial charge in [-0.1, -0.05) is 36.4 Å². The summed E-state index contributed by atoms with van der Waals surface area (Å²) in [6.45, 7) is 1.93. The fourth-order valence-corrected chi connectivity index (χ4v) is 5.78. The summed E-state index contributed by atoms with van der Waals surface area (Å²) in [5.74, 6) is -2.74. The highest BCUT2D eigenvalue weighted by Crippen LogP contribution is 2.44. The van der Waals surface area contributed by atoms with Gasteiger partial charge in [0.05, 0.1) is 11.7 Å². The van der Waals surface area contributed by atoms with Crippen molar-refractivity contribution in [2.24, 2.45) is 11.8 Å². The Hall–Kier alpha value is -2.21. The van der Waals surface area contributed by atoms with E-state index in [1.54, 1.807) is 12.1 Å². The number of allylic oxidation sites excluding steroid dienone is 2. The van der Waals surface area contributed by atoms with E-state index in [1.807, 2.05) is 19.1 Å². The zero-order valence-corrected chi connectivity index (χ0v) is 20.1. The minimum Gasteiger partial charge on any atom is -0.313 e. The van der Waals surface area contributed by atoms with Crippen molar-refractivity contribution in [3.8, 4) is 0 Å². The quantitative estimate of drug-likeness (QED) is 0.213. The van der Waals surface area contributed by atoms with E-state index in [-0.39, 0.29) is 11.5 Å². The molecule has 6 heteroatoms. The molecular weight excluding hydrogens is 459 g/mol. The van der Waals surface area contributed by atoms with Crippen LogP contribution in [-0.4, -0.2) is 6.10 Å². The first-order valence-electron chi connectivity index (χ1n) is 12.7. The summed E-state index contributed by atoms with van der Waals surface area (Å²) in [5, 5.41) is 0. The summed E-state index contributed by atoms with van der Waals surface area (Å²) in [6, 6.07) is 8.55. The van der Waals surface area contributed by atoms with Gasteiger partial charge >= 0.3 is 6.11 Å². The highest BCUT2D eigenvalue weighted by Gasteiger charge is 2.39. The third-order valence-electron chi connectivity index (χ3n) is 7.83. The lowest BCUT2D eigenvalue weighted by Crippen LogP contribution is -2.32. The highest BCUT2D eigenvalue weighted by atomic mass is 19.3. The first-order chi connectivity index (χ1) is 16.8. The van der Waals surface area contributed by atoms with Crippen molar-refractivity contribution in [2.75, 3.05) is 0 Å². The summed E-state index contributed by atoms with van der Waals surface area (Å²) < 4.78 is 75.2. The van der Waals surface area contributed by atoms with Gasteiger partial charge in [-0.05, 0) is 106 Å². The van der Waals surface area contributed by atoms with Gasteiger partial charge in [0.1, 0.15) is 0 Å². The van der Waals surface area contributed by atoms with Crippen LogP contribution in [0.1, 0.15) is 80.9 Å². The molecule has 0 amide bonds. The number of hydrogen-bond acceptors (Lipinski definition) is 1. The lowest BCUT2D eigenvalue weighted by molar-refractivity contribution is -0.278. The number of hydrogen-bond donors (Lipinski definition) is 0. The van der Waals surface area contributed by atoms with E-state index < -0.39 is 29.7 Å².